The molecule has 0 radical (unpaired) electrons. The molecule has 0 bridgehead atoms. The van der Waals surface area contributed by atoms with Gasteiger partial charge in [0, 0.05) is 12.1 Å². The molecule has 1 fully saturated rings. The molecule has 8 heteroatoms. The van der Waals surface area contributed by atoms with E-state index in [4.69, 9.17) is 4.74 Å². The van der Waals surface area contributed by atoms with Gasteiger partial charge in [-0.2, -0.15) is 0 Å². The number of ether oxygens (including phenoxy) is 1. The number of nitrogens with one attached hydrogen (secondary N) is 2. The molecule has 1 aliphatic rings. The third kappa shape index (κ3) is 2.89. The first-order chi connectivity index (χ1) is 8.94. The van der Waals surface area contributed by atoms with Crippen LogP contribution in [0.5, 0.6) is 5.88 Å². The minimum absolute atomic E-state index is 0.117. The molecule has 2 N–H and O–H groups in total. The van der Waals surface area contributed by atoms with E-state index in [0.717, 1.165) is 0 Å². The van der Waals surface area contributed by atoms with Gasteiger partial charge in [-0.15, -0.1) is 5.10 Å². The zero-order valence-corrected chi connectivity index (χ0v) is 11.7. The maximum atomic E-state index is 11.9. The van der Waals surface area contributed by atoms with Crippen molar-refractivity contribution in [1.82, 2.24) is 15.5 Å². The standard InChI is InChI=1S/C11H17N3O4S/c1-3-18-10-6-9(13-14-10)11(15)12-8-4-5-19(16,17)7(8)2/h6-8H,3-5H2,1-2H3,(H,12,15)(H,13,14)/t7-,8-/m0/s1. The summed E-state index contributed by atoms with van der Waals surface area (Å²) in [6, 6.07) is 1.14. The summed E-state index contributed by atoms with van der Waals surface area (Å²) in [5, 5.41) is 8.55. The first-order valence-electron chi connectivity index (χ1n) is 6.14. The lowest BCUT2D eigenvalue weighted by Crippen LogP contribution is -2.40. The Morgan fingerprint density at radius 1 is 1.63 bits per heavy atom. The molecule has 2 rings (SSSR count). The molecule has 0 unspecified atom stereocenters. The Balaban J connectivity index is 2.01. The number of aromatic amines is 1. The summed E-state index contributed by atoms with van der Waals surface area (Å²) in [5.74, 6) is 0.0962. The van der Waals surface area contributed by atoms with Gasteiger partial charge in [0.2, 0.25) is 5.88 Å². The van der Waals surface area contributed by atoms with Crippen LogP contribution in [0.25, 0.3) is 0 Å². The Kier molecular flexibility index (Phi) is 3.79. The van der Waals surface area contributed by atoms with Crippen molar-refractivity contribution in [3.05, 3.63) is 11.8 Å². The molecule has 0 spiro atoms. The van der Waals surface area contributed by atoms with Gasteiger partial charge >= 0.3 is 0 Å². The highest BCUT2D eigenvalue weighted by atomic mass is 32.2. The van der Waals surface area contributed by atoms with Crippen LogP contribution in [0.2, 0.25) is 0 Å². The van der Waals surface area contributed by atoms with Crippen molar-refractivity contribution in [3.8, 4) is 5.88 Å². The van der Waals surface area contributed by atoms with E-state index < -0.39 is 15.1 Å². The smallest absolute Gasteiger partial charge is 0.269 e. The molecule has 1 aromatic rings. The van der Waals surface area contributed by atoms with Crippen molar-refractivity contribution in [1.29, 1.82) is 0 Å². The normalized spacial score (nSPS) is 25.2. The van der Waals surface area contributed by atoms with Crippen molar-refractivity contribution in [2.75, 3.05) is 12.4 Å². The fraction of sp³-hybridized carbons (Fsp3) is 0.636. The molecule has 7 nitrogen and oxygen atoms in total. The number of hydrogen-bond donors (Lipinski definition) is 2. The van der Waals surface area contributed by atoms with E-state index >= 15 is 0 Å². The van der Waals surface area contributed by atoms with Crippen LogP contribution in [0.1, 0.15) is 30.8 Å². The number of nitrogens with zero attached hydrogens (tertiary/aromatic N) is 1. The minimum atomic E-state index is -3.07. The molecule has 19 heavy (non-hydrogen) atoms. The predicted octanol–water partition coefficient (Wildman–Crippen LogP) is 0.114. The lowest BCUT2D eigenvalue weighted by Gasteiger charge is -2.15. The number of aromatic nitrogens is 2. The average Bonchev–Trinajstić information content (AvgIpc) is 2.90. The van der Waals surface area contributed by atoms with Gasteiger partial charge in [-0.25, -0.2) is 8.42 Å². The van der Waals surface area contributed by atoms with Crippen molar-refractivity contribution in [2.24, 2.45) is 0 Å². The van der Waals surface area contributed by atoms with Crippen LogP contribution in [-0.2, 0) is 9.84 Å². The second kappa shape index (κ2) is 5.20. The Bertz CT molecular complexity index is 566. The number of sulfone groups is 1. The molecule has 1 saturated heterocycles. The van der Waals surface area contributed by atoms with Crippen molar-refractivity contribution >= 4 is 15.7 Å². The summed E-state index contributed by atoms with van der Waals surface area (Å²) < 4.78 is 28.3. The zero-order chi connectivity index (χ0) is 14.0. The zero-order valence-electron chi connectivity index (χ0n) is 10.8. The van der Waals surface area contributed by atoms with Crippen LogP contribution in [0.4, 0.5) is 0 Å². The van der Waals surface area contributed by atoms with Gasteiger partial charge < -0.3 is 10.1 Å². The summed E-state index contributed by atoms with van der Waals surface area (Å²) in [6.07, 6.45) is 0.446. The SMILES string of the molecule is CCOc1cc(C(=O)N[C@H]2CCS(=O)(=O)[C@H]2C)[nH]n1. The largest absolute Gasteiger partial charge is 0.477 e. The van der Waals surface area contributed by atoms with E-state index in [0.29, 0.717) is 18.9 Å². The second-order valence-electron chi connectivity index (χ2n) is 4.49. The van der Waals surface area contributed by atoms with Crippen LogP contribution >= 0.6 is 0 Å². The van der Waals surface area contributed by atoms with Crippen LogP contribution < -0.4 is 10.1 Å². The van der Waals surface area contributed by atoms with Crippen molar-refractivity contribution in [3.63, 3.8) is 0 Å². The molecule has 2 heterocycles. The Morgan fingerprint density at radius 3 is 2.95 bits per heavy atom. The van der Waals surface area contributed by atoms with E-state index in [1.807, 2.05) is 6.92 Å². The Hall–Kier alpha value is -1.57. The number of carbonyl (C=O) groups is 1. The highest BCUT2D eigenvalue weighted by Crippen LogP contribution is 2.20. The molecule has 0 saturated carbocycles. The molecule has 1 amide bonds. The number of H-pyrrole nitrogens is 1. The van der Waals surface area contributed by atoms with Crippen molar-refractivity contribution < 1.29 is 17.9 Å². The van der Waals surface area contributed by atoms with Crippen LogP contribution in [-0.4, -0.2) is 48.2 Å². The number of rotatable bonds is 4. The molecular formula is C11H17N3O4S. The molecule has 1 aromatic heterocycles. The van der Waals surface area contributed by atoms with Gasteiger partial charge in [0.25, 0.3) is 5.91 Å². The molecule has 1 aliphatic heterocycles. The van der Waals surface area contributed by atoms with E-state index in [9.17, 15) is 13.2 Å². The predicted molar refractivity (Wildman–Crippen MR) is 68.9 cm³/mol. The van der Waals surface area contributed by atoms with Gasteiger partial charge in [0.05, 0.1) is 17.6 Å². The molecule has 2 atom stereocenters. The van der Waals surface area contributed by atoms with Gasteiger partial charge in [-0.05, 0) is 20.3 Å². The number of amides is 1. The van der Waals surface area contributed by atoms with Crippen LogP contribution in [0.3, 0.4) is 0 Å². The van der Waals surface area contributed by atoms with E-state index in [-0.39, 0.29) is 23.4 Å². The van der Waals surface area contributed by atoms with Gasteiger partial charge in [-0.3, -0.25) is 9.89 Å². The first kappa shape index (κ1) is 13.9. The third-order valence-electron chi connectivity index (χ3n) is 3.25. The lowest BCUT2D eigenvalue weighted by atomic mass is 10.1. The third-order valence-corrected chi connectivity index (χ3v) is 5.52. The van der Waals surface area contributed by atoms with Gasteiger partial charge in [0.1, 0.15) is 5.69 Å². The van der Waals surface area contributed by atoms with Crippen LogP contribution in [0, 0.1) is 0 Å². The summed E-state index contributed by atoms with van der Waals surface area (Å²) >= 11 is 0. The lowest BCUT2D eigenvalue weighted by molar-refractivity contribution is 0.0932. The molecular weight excluding hydrogens is 270 g/mol. The summed E-state index contributed by atoms with van der Waals surface area (Å²) in [6.45, 7) is 3.90. The maximum absolute atomic E-state index is 11.9. The molecule has 0 aliphatic carbocycles. The van der Waals surface area contributed by atoms with E-state index in [1.54, 1.807) is 6.92 Å². The molecule has 106 valence electrons. The topological polar surface area (TPSA) is 101 Å². The summed E-state index contributed by atoms with van der Waals surface area (Å²) in [5.41, 5.74) is 0.264. The molecule has 0 aromatic carbocycles. The van der Waals surface area contributed by atoms with Crippen LogP contribution in [0.15, 0.2) is 6.07 Å². The van der Waals surface area contributed by atoms with Gasteiger partial charge in [0.15, 0.2) is 9.84 Å². The Labute approximate surface area is 111 Å². The van der Waals surface area contributed by atoms with Crippen molar-refractivity contribution in [2.45, 2.75) is 31.6 Å². The fourth-order valence-corrected chi connectivity index (χ4v) is 3.70. The monoisotopic (exact) mass is 287 g/mol. The number of carbonyl (C=O) groups excluding carboxylic acids is 1. The summed E-state index contributed by atoms with van der Waals surface area (Å²) in [4.78, 5) is 11.9. The quantitative estimate of drug-likeness (QED) is 0.818. The fourth-order valence-electron chi connectivity index (χ4n) is 2.04. The maximum Gasteiger partial charge on any atom is 0.269 e. The van der Waals surface area contributed by atoms with E-state index in [2.05, 4.69) is 15.5 Å². The van der Waals surface area contributed by atoms with Gasteiger partial charge in [-0.1, -0.05) is 0 Å². The number of hydrogen-bond acceptors (Lipinski definition) is 5. The average molecular weight is 287 g/mol. The highest BCUT2D eigenvalue weighted by molar-refractivity contribution is 7.92. The summed E-state index contributed by atoms with van der Waals surface area (Å²) in [7, 11) is -3.07. The minimum Gasteiger partial charge on any atom is -0.477 e. The Morgan fingerprint density at radius 2 is 2.37 bits per heavy atom. The second-order valence-corrected chi connectivity index (χ2v) is 6.97. The first-order valence-corrected chi connectivity index (χ1v) is 7.86. The highest BCUT2D eigenvalue weighted by Gasteiger charge is 2.37. The van der Waals surface area contributed by atoms with E-state index in [1.165, 1.54) is 6.07 Å².